The van der Waals surface area contributed by atoms with Crippen molar-refractivity contribution in [1.29, 1.82) is 0 Å². The minimum atomic E-state index is -0.217. The normalized spacial score (nSPS) is 10.3. The van der Waals surface area contributed by atoms with E-state index in [1.165, 1.54) is 4.90 Å². The van der Waals surface area contributed by atoms with Gasteiger partial charge in [-0.25, -0.2) is 4.98 Å². The van der Waals surface area contributed by atoms with Crippen molar-refractivity contribution in [3.8, 4) is 0 Å². The third-order valence-corrected chi connectivity index (χ3v) is 2.55. The molecule has 0 aromatic carbocycles. The van der Waals surface area contributed by atoms with Crippen molar-refractivity contribution in [3.63, 3.8) is 0 Å². The molecule has 7 heteroatoms. The molecule has 0 fully saturated rings. The number of carbonyl (C=O) groups excluding carboxylic acids is 1. The molecular formula is C11H14N6O. The molecular weight excluding hydrogens is 232 g/mol. The van der Waals surface area contributed by atoms with Crippen LogP contribution in [0, 0.1) is 0 Å². The number of carbonyl (C=O) groups is 1. The maximum atomic E-state index is 12.0. The number of rotatable bonds is 3. The van der Waals surface area contributed by atoms with Gasteiger partial charge in [-0.3, -0.25) is 4.79 Å². The molecule has 0 atom stereocenters. The Balaban J connectivity index is 2.09. The van der Waals surface area contributed by atoms with Gasteiger partial charge in [-0.05, 0) is 12.1 Å². The van der Waals surface area contributed by atoms with Crippen molar-refractivity contribution in [3.05, 3.63) is 36.0 Å². The van der Waals surface area contributed by atoms with Crippen LogP contribution in [0.25, 0.3) is 0 Å². The Bertz CT molecular complexity index is 547. The second-order valence-corrected chi connectivity index (χ2v) is 3.96. The SMILES string of the molecule is CN(Cc1nccn1C)C(=O)c1ccc(N)nn1. The monoisotopic (exact) mass is 246 g/mol. The van der Waals surface area contributed by atoms with Gasteiger partial charge in [0, 0.05) is 26.5 Å². The molecule has 0 radical (unpaired) electrons. The van der Waals surface area contributed by atoms with Crippen LogP contribution in [0.15, 0.2) is 24.5 Å². The Morgan fingerprint density at radius 3 is 2.78 bits per heavy atom. The summed E-state index contributed by atoms with van der Waals surface area (Å²) in [5.74, 6) is 0.873. The van der Waals surface area contributed by atoms with Crippen LogP contribution in [-0.4, -0.2) is 37.6 Å². The molecule has 2 heterocycles. The maximum Gasteiger partial charge on any atom is 0.274 e. The van der Waals surface area contributed by atoms with Crippen molar-refractivity contribution in [2.24, 2.45) is 7.05 Å². The largest absolute Gasteiger partial charge is 0.382 e. The van der Waals surface area contributed by atoms with Gasteiger partial charge in [0.05, 0.1) is 6.54 Å². The lowest BCUT2D eigenvalue weighted by atomic mass is 10.3. The Kier molecular flexibility index (Phi) is 3.22. The van der Waals surface area contributed by atoms with E-state index in [0.717, 1.165) is 5.82 Å². The summed E-state index contributed by atoms with van der Waals surface area (Å²) in [5, 5.41) is 7.41. The van der Waals surface area contributed by atoms with Crippen molar-refractivity contribution in [2.75, 3.05) is 12.8 Å². The molecule has 2 aromatic rings. The summed E-state index contributed by atoms with van der Waals surface area (Å²) < 4.78 is 1.86. The van der Waals surface area contributed by atoms with E-state index in [9.17, 15) is 4.79 Å². The highest BCUT2D eigenvalue weighted by atomic mass is 16.2. The summed E-state index contributed by atoms with van der Waals surface area (Å²) in [7, 11) is 3.57. The summed E-state index contributed by atoms with van der Waals surface area (Å²) in [5.41, 5.74) is 5.69. The Morgan fingerprint density at radius 2 is 2.22 bits per heavy atom. The first-order chi connectivity index (χ1) is 8.58. The molecule has 7 nitrogen and oxygen atoms in total. The molecule has 2 aromatic heterocycles. The molecule has 0 spiro atoms. The van der Waals surface area contributed by atoms with Gasteiger partial charge >= 0.3 is 0 Å². The van der Waals surface area contributed by atoms with Crippen LogP contribution >= 0.6 is 0 Å². The average molecular weight is 246 g/mol. The molecule has 0 unspecified atom stereocenters. The van der Waals surface area contributed by atoms with Crippen molar-refractivity contribution < 1.29 is 4.79 Å². The van der Waals surface area contributed by atoms with Crippen LogP contribution in [-0.2, 0) is 13.6 Å². The van der Waals surface area contributed by atoms with E-state index in [-0.39, 0.29) is 11.6 Å². The Morgan fingerprint density at radius 1 is 1.44 bits per heavy atom. The molecule has 1 amide bonds. The van der Waals surface area contributed by atoms with E-state index in [1.54, 1.807) is 25.4 Å². The van der Waals surface area contributed by atoms with Gasteiger partial charge in [-0.1, -0.05) is 0 Å². The van der Waals surface area contributed by atoms with Crippen molar-refractivity contribution >= 4 is 11.7 Å². The zero-order chi connectivity index (χ0) is 13.1. The van der Waals surface area contributed by atoms with Gasteiger partial charge in [0.1, 0.15) is 11.6 Å². The van der Waals surface area contributed by atoms with E-state index >= 15 is 0 Å². The first kappa shape index (κ1) is 12.0. The summed E-state index contributed by atoms with van der Waals surface area (Å²) in [6.45, 7) is 0.411. The van der Waals surface area contributed by atoms with Gasteiger partial charge in [0.25, 0.3) is 5.91 Å². The highest BCUT2D eigenvalue weighted by Gasteiger charge is 2.15. The molecule has 0 aliphatic rings. The summed E-state index contributed by atoms with van der Waals surface area (Å²) in [6, 6.07) is 3.11. The number of hydrogen-bond donors (Lipinski definition) is 1. The minimum Gasteiger partial charge on any atom is -0.382 e. The van der Waals surface area contributed by atoms with Crippen LogP contribution in [0.5, 0.6) is 0 Å². The Hall–Kier alpha value is -2.44. The Labute approximate surface area is 104 Å². The van der Waals surface area contributed by atoms with Gasteiger partial charge < -0.3 is 15.2 Å². The quantitative estimate of drug-likeness (QED) is 0.827. The zero-order valence-corrected chi connectivity index (χ0v) is 10.2. The minimum absolute atomic E-state index is 0.217. The number of anilines is 1. The van der Waals surface area contributed by atoms with E-state index in [1.807, 2.05) is 17.8 Å². The fraction of sp³-hybridized carbons (Fsp3) is 0.273. The van der Waals surface area contributed by atoms with E-state index < -0.39 is 0 Å². The molecule has 0 saturated heterocycles. The number of aryl methyl sites for hydroxylation is 1. The van der Waals surface area contributed by atoms with Crippen LogP contribution < -0.4 is 5.73 Å². The van der Waals surface area contributed by atoms with Crippen LogP contribution in [0.4, 0.5) is 5.82 Å². The molecule has 2 N–H and O–H groups in total. The summed E-state index contributed by atoms with van der Waals surface area (Å²) >= 11 is 0. The van der Waals surface area contributed by atoms with Gasteiger partial charge in [-0.2, -0.15) is 0 Å². The number of nitrogen functional groups attached to an aromatic ring is 1. The molecule has 2 rings (SSSR count). The predicted molar refractivity (Wildman–Crippen MR) is 65.4 cm³/mol. The molecule has 0 aliphatic heterocycles. The smallest absolute Gasteiger partial charge is 0.274 e. The lowest BCUT2D eigenvalue weighted by molar-refractivity contribution is 0.0773. The summed E-state index contributed by atoms with van der Waals surface area (Å²) in [6.07, 6.45) is 3.52. The van der Waals surface area contributed by atoms with Crippen LogP contribution in [0.3, 0.4) is 0 Å². The standard InChI is InChI=1S/C11H14N6O/c1-16-6-5-13-10(16)7-17(2)11(18)8-3-4-9(12)15-14-8/h3-6H,7H2,1-2H3,(H2,12,15). The third-order valence-electron chi connectivity index (χ3n) is 2.55. The molecule has 0 saturated carbocycles. The van der Waals surface area contributed by atoms with Gasteiger partial charge in [0.15, 0.2) is 5.69 Å². The highest BCUT2D eigenvalue weighted by Crippen LogP contribution is 2.05. The molecule has 0 aliphatic carbocycles. The van der Waals surface area contributed by atoms with E-state index in [4.69, 9.17) is 5.73 Å². The lowest BCUT2D eigenvalue weighted by Gasteiger charge is -2.15. The highest BCUT2D eigenvalue weighted by molar-refractivity contribution is 5.91. The zero-order valence-electron chi connectivity index (χ0n) is 10.2. The lowest BCUT2D eigenvalue weighted by Crippen LogP contribution is -2.28. The number of imidazole rings is 1. The fourth-order valence-electron chi connectivity index (χ4n) is 1.48. The maximum absolute atomic E-state index is 12.0. The number of nitrogens with zero attached hydrogens (tertiary/aromatic N) is 5. The van der Waals surface area contributed by atoms with E-state index in [2.05, 4.69) is 15.2 Å². The van der Waals surface area contributed by atoms with Crippen molar-refractivity contribution in [2.45, 2.75) is 6.54 Å². The first-order valence-corrected chi connectivity index (χ1v) is 5.39. The number of nitrogens with two attached hydrogens (primary N) is 1. The van der Waals surface area contributed by atoms with Crippen LogP contribution in [0.1, 0.15) is 16.3 Å². The third kappa shape index (κ3) is 2.45. The number of aromatic nitrogens is 4. The average Bonchev–Trinajstić information content (AvgIpc) is 2.75. The predicted octanol–water partition coefficient (Wildman–Crippen LogP) is 0.0645. The first-order valence-electron chi connectivity index (χ1n) is 5.39. The van der Waals surface area contributed by atoms with Crippen LogP contribution in [0.2, 0.25) is 0 Å². The van der Waals surface area contributed by atoms with Crippen molar-refractivity contribution in [1.82, 2.24) is 24.6 Å². The van der Waals surface area contributed by atoms with E-state index in [0.29, 0.717) is 12.4 Å². The van der Waals surface area contributed by atoms with Gasteiger partial charge in [0.2, 0.25) is 0 Å². The summed E-state index contributed by atoms with van der Waals surface area (Å²) in [4.78, 5) is 17.7. The fourth-order valence-corrected chi connectivity index (χ4v) is 1.48. The molecule has 0 bridgehead atoms. The number of hydrogen-bond acceptors (Lipinski definition) is 5. The molecule has 94 valence electrons. The second kappa shape index (κ2) is 4.82. The van der Waals surface area contributed by atoms with Gasteiger partial charge in [-0.15, -0.1) is 10.2 Å². The number of amides is 1. The molecule has 18 heavy (non-hydrogen) atoms. The second-order valence-electron chi connectivity index (χ2n) is 3.96. The topological polar surface area (TPSA) is 89.9 Å².